The van der Waals surface area contributed by atoms with E-state index in [2.05, 4.69) is 41.3 Å². The van der Waals surface area contributed by atoms with Crippen molar-refractivity contribution in [1.29, 1.82) is 0 Å². The average Bonchev–Trinajstić information content (AvgIpc) is 2.95. The van der Waals surface area contributed by atoms with Crippen LogP contribution in [0.25, 0.3) is 0 Å². The molecule has 0 unspecified atom stereocenters. The molecule has 0 bridgehead atoms. The molecule has 3 rings (SSSR count). The normalized spacial score (nSPS) is 17.7. The molecule has 0 atom stereocenters. The van der Waals surface area contributed by atoms with Crippen LogP contribution < -0.4 is 0 Å². The third-order valence-corrected chi connectivity index (χ3v) is 4.06. The predicted molar refractivity (Wildman–Crippen MR) is 76.9 cm³/mol. The Balaban J connectivity index is 1.47. The van der Waals surface area contributed by atoms with Gasteiger partial charge >= 0.3 is 0 Å². The van der Waals surface area contributed by atoms with Crippen LogP contribution >= 0.6 is 0 Å². The lowest BCUT2D eigenvalue weighted by Crippen LogP contribution is -2.33. The summed E-state index contributed by atoms with van der Waals surface area (Å²) in [6.07, 6.45) is 7.48. The monoisotopic (exact) mass is 255 g/mol. The molecule has 1 aliphatic rings. The van der Waals surface area contributed by atoms with Gasteiger partial charge in [-0.1, -0.05) is 30.3 Å². The number of hydrogen-bond acceptors (Lipinski definition) is 2. The molecule has 0 saturated carbocycles. The van der Waals surface area contributed by atoms with Gasteiger partial charge in [-0.25, -0.2) is 0 Å². The van der Waals surface area contributed by atoms with Gasteiger partial charge in [0.15, 0.2) is 0 Å². The van der Waals surface area contributed by atoms with Gasteiger partial charge in [-0.05, 0) is 49.9 Å². The molecule has 2 heterocycles. The van der Waals surface area contributed by atoms with E-state index >= 15 is 0 Å². The Hall–Kier alpha value is -1.54. The van der Waals surface area contributed by atoms with Crippen molar-refractivity contribution in [3.05, 3.63) is 60.1 Å². The molecule has 100 valence electrons. The van der Waals surface area contributed by atoms with Gasteiger partial charge in [-0.3, -0.25) is 4.90 Å². The number of benzene rings is 1. The van der Waals surface area contributed by atoms with Crippen LogP contribution in [0.5, 0.6) is 0 Å². The topological polar surface area (TPSA) is 16.4 Å². The van der Waals surface area contributed by atoms with Crippen LogP contribution in [-0.2, 0) is 13.0 Å². The molecule has 2 heteroatoms. The van der Waals surface area contributed by atoms with Crippen LogP contribution in [0.3, 0.4) is 0 Å². The molecule has 0 amide bonds. The summed E-state index contributed by atoms with van der Waals surface area (Å²) >= 11 is 0. The zero-order chi connectivity index (χ0) is 12.9. The molecule has 19 heavy (non-hydrogen) atoms. The average molecular weight is 255 g/mol. The Kier molecular flexibility index (Phi) is 3.99. The van der Waals surface area contributed by atoms with Crippen molar-refractivity contribution in [3.8, 4) is 0 Å². The van der Waals surface area contributed by atoms with Gasteiger partial charge in [0.2, 0.25) is 0 Å². The summed E-state index contributed by atoms with van der Waals surface area (Å²) in [7, 11) is 0. The molecule has 2 nitrogen and oxygen atoms in total. The van der Waals surface area contributed by atoms with Crippen molar-refractivity contribution in [3.63, 3.8) is 0 Å². The fourth-order valence-corrected chi connectivity index (χ4v) is 2.94. The quantitative estimate of drug-likeness (QED) is 0.827. The van der Waals surface area contributed by atoms with Crippen LogP contribution in [0, 0.1) is 5.92 Å². The standard InChI is InChI=1S/C17H21NO/c1-2-4-15(5-3-1)12-16-6-9-18(10-7-16)13-17-8-11-19-14-17/h1-5,8,11,14,16H,6-7,9-10,12-13H2. The zero-order valence-corrected chi connectivity index (χ0v) is 11.3. The molecule has 1 aliphatic heterocycles. The van der Waals surface area contributed by atoms with Crippen molar-refractivity contribution in [2.45, 2.75) is 25.8 Å². The van der Waals surface area contributed by atoms with Gasteiger partial charge in [0.25, 0.3) is 0 Å². The van der Waals surface area contributed by atoms with Gasteiger partial charge in [-0.2, -0.15) is 0 Å². The van der Waals surface area contributed by atoms with E-state index in [-0.39, 0.29) is 0 Å². The number of likely N-dealkylation sites (tertiary alicyclic amines) is 1. The Labute approximate surface area is 115 Å². The van der Waals surface area contributed by atoms with Gasteiger partial charge in [0.1, 0.15) is 0 Å². The van der Waals surface area contributed by atoms with Crippen LogP contribution in [-0.4, -0.2) is 18.0 Å². The highest BCUT2D eigenvalue weighted by Crippen LogP contribution is 2.22. The van der Waals surface area contributed by atoms with Gasteiger partial charge < -0.3 is 4.42 Å². The molecule has 2 aromatic rings. The first-order valence-corrected chi connectivity index (χ1v) is 7.17. The maximum Gasteiger partial charge on any atom is 0.0947 e. The Bertz CT molecular complexity index is 469. The predicted octanol–water partition coefficient (Wildman–Crippen LogP) is 3.73. The smallest absolute Gasteiger partial charge is 0.0947 e. The third kappa shape index (κ3) is 3.48. The molecule has 0 spiro atoms. The summed E-state index contributed by atoms with van der Waals surface area (Å²) in [6.45, 7) is 3.46. The zero-order valence-electron chi connectivity index (χ0n) is 11.3. The third-order valence-electron chi connectivity index (χ3n) is 4.06. The maximum absolute atomic E-state index is 5.13. The van der Waals surface area contributed by atoms with Gasteiger partial charge in [-0.15, -0.1) is 0 Å². The molecular formula is C17H21NO. The molecular weight excluding hydrogens is 234 g/mol. The summed E-state index contributed by atoms with van der Waals surface area (Å²) in [6, 6.07) is 12.9. The van der Waals surface area contributed by atoms with Crippen LogP contribution in [0.1, 0.15) is 24.0 Å². The molecule has 1 fully saturated rings. The molecule has 0 N–H and O–H groups in total. The first-order valence-electron chi connectivity index (χ1n) is 7.17. The van der Waals surface area contributed by atoms with Crippen LogP contribution in [0.4, 0.5) is 0 Å². The van der Waals surface area contributed by atoms with Crippen molar-refractivity contribution >= 4 is 0 Å². The number of hydrogen-bond donors (Lipinski definition) is 0. The second kappa shape index (κ2) is 6.07. The van der Waals surface area contributed by atoms with E-state index in [0.29, 0.717) is 0 Å². The summed E-state index contributed by atoms with van der Waals surface area (Å²) in [4.78, 5) is 2.53. The van der Waals surface area contributed by atoms with E-state index in [0.717, 1.165) is 12.5 Å². The second-order valence-electron chi connectivity index (χ2n) is 5.54. The minimum atomic E-state index is 0.850. The number of rotatable bonds is 4. The van der Waals surface area contributed by atoms with Crippen molar-refractivity contribution in [2.24, 2.45) is 5.92 Å². The Morgan fingerprint density at radius 3 is 2.47 bits per heavy atom. The van der Waals surface area contributed by atoms with Crippen molar-refractivity contribution in [2.75, 3.05) is 13.1 Å². The fourth-order valence-electron chi connectivity index (χ4n) is 2.94. The number of piperidine rings is 1. The van der Waals surface area contributed by atoms with Gasteiger partial charge in [0.05, 0.1) is 12.5 Å². The Morgan fingerprint density at radius 2 is 1.79 bits per heavy atom. The van der Waals surface area contributed by atoms with Crippen molar-refractivity contribution in [1.82, 2.24) is 4.90 Å². The molecule has 1 saturated heterocycles. The fraction of sp³-hybridized carbons (Fsp3) is 0.412. The van der Waals surface area contributed by atoms with Crippen molar-refractivity contribution < 1.29 is 4.42 Å². The Morgan fingerprint density at radius 1 is 1.00 bits per heavy atom. The first-order chi connectivity index (χ1) is 9.40. The van der Waals surface area contributed by atoms with E-state index in [1.54, 1.807) is 6.26 Å². The summed E-state index contributed by atoms with van der Waals surface area (Å²) in [5, 5.41) is 0. The lowest BCUT2D eigenvalue weighted by atomic mass is 9.90. The lowest BCUT2D eigenvalue weighted by molar-refractivity contribution is 0.176. The second-order valence-corrected chi connectivity index (χ2v) is 5.54. The minimum absolute atomic E-state index is 0.850. The highest BCUT2D eigenvalue weighted by atomic mass is 16.3. The first kappa shape index (κ1) is 12.5. The van der Waals surface area contributed by atoms with E-state index in [4.69, 9.17) is 4.42 Å². The maximum atomic E-state index is 5.13. The van der Waals surface area contributed by atoms with Gasteiger partial charge in [0, 0.05) is 12.1 Å². The van der Waals surface area contributed by atoms with E-state index < -0.39 is 0 Å². The molecule has 0 aliphatic carbocycles. The SMILES string of the molecule is c1ccc(CC2CCN(Cc3ccoc3)CC2)cc1. The van der Waals surface area contributed by atoms with E-state index in [1.807, 2.05) is 6.26 Å². The van der Waals surface area contributed by atoms with Crippen LogP contribution in [0.15, 0.2) is 53.3 Å². The minimum Gasteiger partial charge on any atom is -0.472 e. The highest BCUT2D eigenvalue weighted by Gasteiger charge is 2.19. The molecule has 1 aromatic carbocycles. The summed E-state index contributed by atoms with van der Waals surface area (Å²) in [5.41, 5.74) is 2.78. The summed E-state index contributed by atoms with van der Waals surface area (Å²) in [5.74, 6) is 0.850. The van der Waals surface area contributed by atoms with E-state index in [1.165, 1.54) is 43.5 Å². The molecule has 0 radical (unpaired) electrons. The lowest BCUT2D eigenvalue weighted by Gasteiger charge is -2.31. The van der Waals surface area contributed by atoms with Crippen LogP contribution in [0.2, 0.25) is 0 Å². The highest BCUT2D eigenvalue weighted by molar-refractivity contribution is 5.15. The number of furan rings is 1. The largest absolute Gasteiger partial charge is 0.472 e. The number of nitrogens with zero attached hydrogens (tertiary/aromatic N) is 1. The summed E-state index contributed by atoms with van der Waals surface area (Å²) < 4.78 is 5.13. The van der Waals surface area contributed by atoms with E-state index in [9.17, 15) is 0 Å². The molecule has 1 aromatic heterocycles.